The van der Waals surface area contributed by atoms with Crippen molar-refractivity contribution >= 4 is 12.0 Å². The van der Waals surface area contributed by atoms with Crippen LogP contribution in [0.1, 0.15) is 27.2 Å². The van der Waals surface area contributed by atoms with Crippen LogP contribution in [0.4, 0.5) is 4.79 Å². The lowest BCUT2D eigenvalue weighted by molar-refractivity contribution is -0.130. The Bertz CT molecular complexity index is 335. The van der Waals surface area contributed by atoms with Gasteiger partial charge in [-0.1, -0.05) is 0 Å². The second kappa shape index (κ2) is 4.29. The number of hydrogen-bond donors (Lipinski definition) is 0. The van der Waals surface area contributed by atoms with Crippen LogP contribution < -0.4 is 0 Å². The zero-order valence-corrected chi connectivity index (χ0v) is 10.7. The van der Waals surface area contributed by atoms with Crippen LogP contribution in [0, 0.1) is 5.92 Å². The molecule has 0 aromatic carbocycles. The molecule has 2 unspecified atom stereocenters. The molecule has 2 saturated heterocycles. The number of hydrogen-bond acceptors (Lipinski definition) is 4. The number of imide groups is 1. The fourth-order valence-electron chi connectivity index (χ4n) is 2.34. The first-order valence-corrected chi connectivity index (χ1v) is 6.11. The number of ether oxygens (including phenoxy) is 1. The summed E-state index contributed by atoms with van der Waals surface area (Å²) in [6.07, 6.45) is 0.559. The maximum absolute atomic E-state index is 11.9. The average molecular weight is 240 g/mol. The van der Waals surface area contributed by atoms with Crippen LogP contribution in [0.2, 0.25) is 0 Å². The Labute approximate surface area is 102 Å². The molecule has 2 rings (SSSR count). The Morgan fingerprint density at radius 3 is 2.71 bits per heavy atom. The van der Waals surface area contributed by atoms with Gasteiger partial charge < -0.3 is 4.74 Å². The van der Waals surface area contributed by atoms with E-state index in [1.165, 1.54) is 4.90 Å². The van der Waals surface area contributed by atoms with Crippen LogP contribution in [0.15, 0.2) is 0 Å². The van der Waals surface area contributed by atoms with Crippen LogP contribution in [-0.2, 0) is 9.53 Å². The smallest absolute Gasteiger partial charge is 0.417 e. The minimum absolute atomic E-state index is 0.138. The zero-order valence-electron chi connectivity index (χ0n) is 10.7. The van der Waals surface area contributed by atoms with Crippen molar-refractivity contribution in [2.45, 2.75) is 32.8 Å². The van der Waals surface area contributed by atoms with Crippen LogP contribution in [-0.4, -0.2) is 53.6 Å². The quantitative estimate of drug-likeness (QED) is 0.636. The minimum Gasteiger partial charge on any atom is -0.443 e. The topological polar surface area (TPSA) is 49.9 Å². The molecule has 2 amide bonds. The third-order valence-corrected chi connectivity index (χ3v) is 3.08. The summed E-state index contributed by atoms with van der Waals surface area (Å²) >= 11 is 0. The van der Waals surface area contributed by atoms with E-state index in [1.807, 2.05) is 20.8 Å². The van der Waals surface area contributed by atoms with Gasteiger partial charge in [-0.3, -0.25) is 9.69 Å². The predicted octanol–water partition coefficient (Wildman–Crippen LogP) is 1.09. The van der Waals surface area contributed by atoms with Crippen molar-refractivity contribution in [2.24, 2.45) is 5.92 Å². The predicted molar refractivity (Wildman–Crippen MR) is 62.5 cm³/mol. The summed E-state index contributed by atoms with van der Waals surface area (Å²) in [7, 11) is 0. The van der Waals surface area contributed by atoms with Gasteiger partial charge in [0, 0.05) is 13.1 Å². The summed E-state index contributed by atoms with van der Waals surface area (Å²) in [5.41, 5.74) is -0.553. The molecule has 0 aliphatic carbocycles. The Kier molecular flexibility index (Phi) is 3.12. The maximum atomic E-state index is 11.9. The Balaban J connectivity index is 2.04. The number of carbonyl (C=O) groups is 2. The third-order valence-electron chi connectivity index (χ3n) is 3.08. The molecule has 5 heteroatoms. The van der Waals surface area contributed by atoms with Gasteiger partial charge in [0.2, 0.25) is 5.91 Å². The summed E-state index contributed by atoms with van der Waals surface area (Å²) in [6.45, 7) is 8.16. The van der Waals surface area contributed by atoms with Crippen LogP contribution >= 0.6 is 0 Å². The van der Waals surface area contributed by atoms with E-state index < -0.39 is 11.7 Å². The van der Waals surface area contributed by atoms with Crippen molar-refractivity contribution < 1.29 is 14.3 Å². The van der Waals surface area contributed by atoms with E-state index in [-0.39, 0.29) is 5.91 Å². The number of carbonyl (C=O) groups excluding carboxylic acids is 2. The molecule has 2 bridgehead atoms. The average Bonchev–Trinajstić information content (AvgIpc) is 2.50. The first kappa shape index (κ1) is 12.4. The molecule has 2 heterocycles. The highest BCUT2D eigenvalue weighted by molar-refractivity contribution is 5.93. The lowest BCUT2D eigenvalue weighted by atomic mass is 10.1. The molecule has 2 atom stereocenters. The standard InChI is InChI=1S/C12H20N2O3/c1-12(2,3)17-11(16)14-7-9-4-5-13(6-9)8-10(14)15/h9H,4-8H2,1-3H3. The van der Waals surface area contributed by atoms with E-state index in [4.69, 9.17) is 4.74 Å². The zero-order chi connectivity index (χ0) is 12.6. The van der Waals surface area contributed by atoms with Crippen molar-refractivity contribution in [1.29, 1.82) is 0 Å². The number of rotatable bonds is 0. The fraction of sp³-hybridized carbons (Fsp3) is 0.833. The Morgan fingerprint density at radius 2 is 2.06 bits per heavy atom. The Morgan fingerprint density at radius 1 is 1.35 bits per heavy atom. The highest BCUT2D eigenvalue weighted by Crippen LogP contribution is 2.22. The van der Waals surface area contributed by atoms with E-state index >= 15 is 0 Å². The lowest BCUT2D eigenvalue weighted by Gasteiger charge is -2.27. The van der Waals surface area contributed by atoms with Gasteiger partial charge in [-0.2, -0.15) is 0 Å². The SMILES string of the molecule is CC(C)(C)OC(=O)N1CC2CCN(CC1=O)C2. The monoisotopic (exact) mass is 240 g/mol. The van der Waals surface area contributed by atoms with E-state index in [0.29, 0.717) is 19.0 Å². The van der Waals surface area contributed by atoms with Crippen molar-refractivity contribution in [3.05, 3.63) is 0 Å². The molecule has 96 valence electrons. The molecular weight excluding hydrogens is 220 g/mol. The van der Waals surface area contributed by atoms with Gasteiger partial charge in [-0.25, -0.2) is 9.69 Å². The molecule has 0 aromatic heterocycles. The van der Waals surface area contributed by atoms with Gasteiger partial charge in [0.05, 0.1) is 6.54 Å². The number of nitrogens with zero attached hydrogens (tertiary/aromatic N) is 2. The molecule has 0 N–H and O–H groups in total. The van der Waals surface area contributed by atoms with Crippen molar-refractivity contribution in [3.8, 4) is 0 Å². The van der Waals surface area contributed by atoms with Gasteiger partial charge in [0.15, 0.2) is 0 Å². The van der Waals surface area contributed by atoms with Crippen LogP contribution in [0.25, 0.3) is 0 Å². The molecule has 2 aliphatic heterocycles. The van der Waals surface area contributed by atoms with Crippen LogP contribution in [0.3, 0.4) is 0 Å². The van der Waals surface area contributed by atoms with Gasteiger partial charge in [0.25, 0.3) is 0 Å². The molecule has 0 aromatic rings. The molecule has 2 aliphatic rings. The van der Waals surface area contributed by atoms with Gasteiger partial charge >= 0.3 is 6.09 Å². The van der Waals surface area contributed by atoms with E-state index in [1.54, 1.807) is 0 Å². The lowest BCUT2D eigenvalue weighted by Crippen LogP contribution is -2.45. The second-order valence-electron chi connectivity index (χ2n) is 5.87. The highest BCUT2D eigenvalue weighted by atomic mass is 16.6. The van der Waals surface area contributed by atoms with Gasteiger partial charge in [-0.05, 0) is 39.7 Å². The third kappa shape index (κ3) is 2.97. The molecular formula is C12H20N2O3. The number of fused-ring (bicyclic) bond motifs is 2. The minimum atomic E-state index is -0.553. The highest BCUT2D eigenvalue weighted by Gasteiger charge is 2.36. The summed E-state index contributed by atoms with van der Waals surface area (Å²) in [4.78, 5) is 27.2. The van der Waals surface area contributed by atoms with E-state index in [2.05, 4.69) is 4.90 Å². The van der Waals surface area contributed by atoms with Crippen molar-refractivity contribution in [2.75, 3.05) is 26.2 Å². The first-order chi connectivity index (χ1) is 7.85. The molecule has 0 spiro atoms. The molecule has 2 fully saturated rings. The molecule has 17 heavy (non-hydrogen) atoms. The van der Waals surface area contributed by atoms with Crippen molar-refractivity contribution in [3.63, 3.8) is 0 Å². The summed E-state index contributed by atoms with van der Waals surface area (Å²) in [5.74, 6) is 0.274. The van der Waals surface area contributed by atoms with Crippen molar-refractivity contribution in [1.82, 2.24) is 9.80 Å². The number of amides is 2. The van der Waals surface area contributed by atoms with Crippen LogP contribution in [0.5, 0.6) is 0 Å². The summed E-state index contributed by atoms with van der Waals surface area (Å²) < 4.78 is 5.26. The first-order valence-electron chi connectivity index (χ1n) is 6.11. The molecule has 0 saturated carbocycles. The van der Waals surface area contributed by atoms with Gasteiger partial charge in [0.1, 0.15) is 5.60 Å². The second-order valence-corrected chi connectivity index (χ2v) is 5.87. The Hall–Kier alpha value is -1.10. The van der Waals surface area contributed by atoms with Gasteiger partial charge in [-0.15, -0.1) is 0 Å². The normalized spacial score (nSPS) is 29.1. The fourth-order valence-corrected chi connectivity index (χ4v) is 2.34. The largest absolute Gasteiger partial charge is 0.443 e. The van der Waals surface area contributed by atoms with E-state index in [9.17, 15) is 9.59 Å². The summed E-state index contributed by atoms with van der Waals surface area (Å²) in [6, 6.07) is 0. The maximum Gasteiger partial charge on any atom is 0.417 e. The summed E-state index contributed by atoms with van der Waals surface area (Å²) in [5, 5.41) is 0. The van der Waals surface area contributed by atoms with E-state index in [0.717, 1.165) is 19.5 Å². The molecule has 5 nitrogen and oxygen atoms in total. The molecule has 0 radical (unpaired) electrons.